The molecule has 1 aliphatic rings. The molecule has 148 valence electrons. The molecule has 0 radical (unpaired) electrons. The van der Waals surface area contributed by atoms with Crippen LogP contribution in [0.5, 0.6) is 5.75 Å². The normalized spacial score (nSPS) is 14.1. The fourth-order valence-electron chi connectivity index (χ4n) is 3.10. The summed E-state index contributed by atoms with van der Waals surface area (Å²) in [4.78, 5) is 30.5. The first-order valence-corrected chi connectivity index (χ1v) is 9.09. The van der Waals surface area contributed by atoms with Gasteiger partial charge >= 0.3 is 0 Å². The van der Waals surface area contributed by atoms with Crippen molar-refractivity contribution in [3.8, 4) is 11.4 Å². The highest BCUT2D eigenvalue weighted by atomic mass is 19.1. The van der Waals surface area contributed by atoms with Crippen LogP contribution in [0.2, 0.25) is 0 Å². The van der Waals surface area contributed by atoms with Gasteiger partial charge < -0.3 is 10.1 Å². The Morgan fingerprint density at radius 3 is 2.90 bits per heavy atom. The molecule has 0 fully saturated rings. The van der Waals surface area contributed by atoms with Gasteiger partial charge in [-0.3, -0.25) is 14.5 Å². The predicted molar refractivity (Wildman–Crippen MR) is 103 cm³/mol. The van der Waals surface area contributed by atoms with E-state index in [2.05, 4.69) is 15.4 Å². The van der Waals surface area contributed by atoms with Crippen molar-refractivity contribution in [2.24, 2.45) is 0 Å². The van der Waals surface area contributed by atoms with Gasteiger partial charge in [0.25, 0.3) is 5.91 Å². The highest BCUT2D eigenvalue weighted by Gasteiger charge is 2.33. The quantitative estimate of drug-likeness (QED) is 0.717. The maximum absolute atomic E-state index is 14.5. The van der Waals surface area contributed by atoms with Crippen LogP contribution in [-0.2, 0) is 9.59 Å². The SMILES string of the molecule is CCC(Oc1ccc(-n2cccn2)c(F)c1)C(=O)N1CC(=O)Nc2cccnc21. The van der Waals surface area contributed by atoms with E-state index in [0.717, 1.165) is 0 Å². The van der Waals surface area contributed by atoms with E-state index in [4.69, 9.17) is 4.74 Å². The molecule has 1 atom stereocenters. The Balaban J connectivity index is 1.56. The van der Waals surface area contributed by atoms with Crippen molar-refractivity contribution in [3.05, 3.63) is 60.8 Å². The Hall–Kier alpha value is -3.75. The smallest absolute Gasteiger partial charge is 0.269 e. The van der Waals surface area contributed by atoms with Crippen molar-refractivity contribution in [2.75, 3.05) is 16.8 Å². The van der Waals surface area contributed by atoms with Gasteiger partial charge in [0.1, 0.15) is 18.0 Å². The van der Waals surface area contributed by atoms with Crippen LogP contribution in [0.25, 0.3) is 5.69 Å². The Labute approximate surface area is 165 Å². The van der Waals surface area contributed by atoms with Crippen LogP contribution in [0.1, 0.15) is 13.3 Å². The zero-order chi connectivity index (χ0) is 20.4. The number of hydrogen-bond donors (Lipinski definition) is 1. The average molecular weight is 395 g/mol. The van der Waals surface area contributed by atoms with Crippen LogP contribution in [0.15, 0.2) is 55.0 Å². The molecule has 2 amide bonds. The number of benzene rings is 1. The summed E-state index contributed by atoms with van der Waals surface area (Å²) in [6.45, 7) is 1.62. The molecule has 8 nitrogen and oxygen atoms in total. The Bertz CT molecular complexity index is 1050. The molecule has 0 spiro atoms. The Morgan fingerprint density at radius 2 is 2.17 bits per heavy atom. The number of ether oxygens (including phenoxy) is 1. The number of nitrogens with zero attached hydrogens (tertiary/aromatic N) is 4. The minimum Gasteiger partial charge on any atom is -0.480 e. The van der Waals surface area contributed by atoms with Gasteiger partial charge in [-0.25, -0.2) is 14.1 Å². The third-order valence-corrected chi connectivity index (χ3v) is 4.48. The van der Waals surface area contributed by atoms with Gasteiger partial charge in [0.2, 0.25) is 5.91 Å². The molecule has 1 aromatic carbocycles. The maximum atomic E-state index is 14.5. The second-order valence-electron chi connectivity index (χ2n) is 6.43. The number of rotatable bonds is 5. The lowest BCUT2D eigenvalue weighted by atomic mass is 10.2. The summed E-state index contributed by atoms with van der Waals surface area (Å²) < 4.78 is 21.6. The van der Waals surface area contributed by atoms with Crippen molar-refractivity contribution in [3.63, 3.8) is 0 Å². The molecule has 0 aliphatic carbocycles. The molecule has 3 heterocycles. The van der Waals surface area contributed by atoms with Crippen LogP contribution in [0, 0.1) is 5.82 Å². The zero-order valence-corrected chi connectivity index (χ0v) is 15.6. The number of amides is 2. The number of aromatic nitrogens is 3. The van der Waals surface area contributed by atoms with Gasteiger partial charge in [-0.15, -0.1) is 0 Å². The number of fused-ring (bicyclic) bond motifs is 1. The molecule has 0 bridgehead atoms. The van der Waals surface area contributed by atoms with Crippen molar-refractivity contribution in [1.29, 1.82) is 0 Å². The number of pyridine rings is 1. The number of halogens is 1. The second kappa shape index (κ2) is 7.70. The van der Waals surface area contributed by atoms with Gasteiger partial charge in [0, 0.05) is 24.7 Å². The Morgan fingerprint density at radius 1 is 1.31 bits per heavy atom. The lowest BCUT2D eigenvalue weighted by molar-refractivity contribution is -0.127. The summed E-state index contributed by atoms with van der Waals surface area (Å²) in [5, 5.41) is 6.69. The molecular weight excluding hydrogens is 377 g/mol. The number of carbonyl (C=O) groups is 2. The van der Waals surface area contributed by atoms with Crippen LogP contribution in [0.3, 0.4) is 0 Å². The molecule has 1 N–H and O–H groups in total. The van der Waals surface area contributed by atoms with Crippen molar-refractivity contribution in [2.45, 2.75) is 19.4 Å². The van der Waals surface area contributed by atoms with Gasteiger partial charge in [-0.2, -0.15) is 5.10 Å². The number of hydrogen-bond acceptors (Lipinski definition) is 5. The van der Waals surface area contributed by atoms with Crippen molar-refractivity contribution < 1.29 is 18.7 Å². The summed E-state index contributed by atoms with van der Waals surface area (Å²) in [6.07, 6.45) is 4.16. The predicted octanol–water partition coefficient (Wildman–Crippen LogP) is 2.55. The number of anilines is 2. The highest BCUT2D eigenvalue weighted by molar-refractivity contribution is 6.10. The van der Waals surface area contributed by atoms with E-state index >= 15 is 0 Å². The fourth-order valence-corrected chi connectivity index (χ4v) is 3.10. The summed E-state index contributed by atoms with van der Waals surface area (Å²) in [6, 6.07) is 9.35. The summed E-state index contributed by atoms with van der Waals surface area (Å²) >= 11 is 0. The minimum absolute atomic E-state index is 0.157. The molecule has 1 unspecified atom stereocenters. The van der Waals surface area contributed by atoms with E-state index in [1.54, 1.807) is 49.8 Å². The molecular formula is C20H18FN5O3. The van der Waals surface area contributed by atoms with E-state index in [1.807, 2.05) is 0 Å². The average Bonchev–Trinajstić information content (AvgIpc) is 3.25. The van der Waals surface area contributed by atoms with Gasteiger partial charge in [-0.05, 0) is 36.8 Å². The van der Waals surface area contributed by atoms with Crippen LogP contribution < -0.4 is 15.0 Å². The molecule has 0 saturated heterocycles. The van der Waals surface area contributed by atoms with Crippen LogP contribution in [0.4, 0.5) is 15.9 Å². The van der Waals surface area contributed by atoms with E-state index in [-0.39, 0.29) is 23.9 Å². The lowest BCUT2D eigenvalue weighted by Gasteiger charge is -2.30. The van der Waals surface area contributed by atoms with Crippen molar-refractivity contribution in [1.82, 2.24) is 14.8 Å². The molecule has 29 heavy (non-hydrogen) atoms. The Kier molecular flexibility index (Phi) is 4.94. The molecule has 1 aliphatic heterocycles. The van der Waals surface area contributed by atoms with E-state index in [0.29, 0.717) is 17.9 Å². The largest absolute Gasteiger partial charge is 0.480 e. The fraction of sp³-hybridized carbons (Fsp3) is 0.200. The molecule has 2 aromatic heterocycles. The van der Waals surface area contributed by atoms with E-state index < -0.39 is 17.8 Å². The van der Waals surface area contributed by atoms with Gasteiger partial charge in [-0.1, -0.05) is 6.92 Å². The molecule has 3 aromatic rings. The van der Waals surface area contributed by atoms with E-state index in [9.17, 15) is 14.0 Å². The molecule has 4 rings (SSSR count). The summed E-state index contributed by atoms with van der Waals surface area (Å²) in [5.41, 5.74) is 0.731. The van der Waals surface area contributed by atoms with Crippen LogP contribution >= 0.6 is 0 Å². The molecule has 0 saturated carbocycles. The zero-order valence-electron chi connectivity index (χ0n) is 15.6. The van der Waals surface area contributed by atoms with Gasteiger partial charge in [0.05, 0.1) is 5.69 Å². The molecule has 9 heteroatoms. The lowest BCUT2D eigenvalue weighted by Crippen LogP contribution is -2.48. The summed E-state index contributed by atoms with van der Waals surface area (Å²) in [7, 11) is 0. The first-order valence-electron chi connectivity index (χ1n) is 9.09. The first-order chi connectivity index (χ1) is 14.1. The van der Waals surface area contributed by atoms with Gasteiger partial charge in [0.15, 0.2) is 17.7 Å². The van der Waals surface area contributed by atoms with Crippen LogP contribution in [-0.4, -0.2) is 39.2 Å². The minimum atomic E-state index is -0.897. The highest BCUT2D eigenvalue weighted by Crippen LogP contribution is 2.28. The maximum Gasteiger partial charge on any atom is 0.269 e. The topological polar surface area (TPSA) is 89.4 Å². The second-order valence-corrected chi connectivity index (χ2v) is 6.43. The number of nitrogens with one attached hydrogen (secondary N) is 1. The standard InChI is InChI=1S/C20H18FN5O3/c1-2-17(20(28)25-12-18(27)24-15-5-3-8-22-19(15)25)29-13-6-7-16(14(21)11-13)26-10-4-9-23-26/h3-11,17H,2,12H2,1H3,(H,24,27). The number of carbonyl (C=O) groups excluding carboxylic acids is 2. The summed E-state index contributed by atoms with van der Waals surface area (Å²) in [5.74, 6) is -0.694. The monoisotopic (exact) mass is 395 g/mol. The third kappa shape index (κ3) is 3.66. The third-order valence-electron chi connectivity index (χ3n) is 4.48. The van der Waals surface area contributed by atoms with Crippen molar-refractivity contribution >= 4 is 23.3 Å². The first kappa shape index (κ1) is 18.6. The van der Waals surface area contributed by atoms with E-state index in [1.165, 1.54) is 21.7 Å².